The summed E-state index contributed by atoms with van der Waals surface area (Å²) in [7, 11) is 1.34. The molecule has 4 aromatic rings. The maximum atomic E-state index is 16.0. The molecule has 4 atom stereocenters. The third-order valence-electron chi connectivity index (χ3n) is 9.30. The molecule has 1 N–H and O–H groups in total. The first-order valence-corrected chi connectivity index (χ1v) is 14.4. The van der Waals surface area contributed by atoms with E-state index in [9.17, 15) is 9.59 Å². The van der Waals surface area contributed by atoms with Crippen molar-refractivity contribution in [2.24, 2.45) is 5.92 Å². The van der Waals surface area contributed by atoms with Gasteiger partial charge in [-0.15, -0.1) is 0 Å². The third kappa shape index (κ3) is 3.37. The molecule has 0 radical (unpaired) electrons. The van der Waals surface area contributed by atoms with Gasteiger partial charge in [0.1, 0.15) is 5.54 Å². The monoisotopic (exact) mass is 591 g/mol. The minimum absolute atomic E-state index is 0.133. The Bertz CT molecular complexity index is 1810. The lowest BCUT2D eigenvalue weighted by molar-refractivity contribution is -0.128. The molecule has 1 spiro atoms. The predicted molar refractivity (Wildman–Crippen MR) is 151 cm³/mol. The highest BCUT2D eigenvalue weighted by Crippen LogP contribution is 2.64. The van der Waals surface area contributed by atoms with Crippen molar-refractivity contribution in [2.75, 3.05) is 19.0 Å². The highest BCUT2D eigenvalue weighted by Gasteiger charge is 2.69. The second kappa shape index (κ2) is 8.74. The molecular weight excluding hydrogens is 568 g/mol. The fraction of sp³-hybridized carbons (Fsp3) is 0.333. The van der Waals surface area contributed by atoms with Crippen LogP contribution in [0.3, 0.4) is 0 Å². The van der Waals surface area contributed by atoms with Crippen molar-refractivity contribution in [3.8, 4) is 0 Å². The van der Waals surface area contributed by atoms with Crippen molar-refractivity contribution in [2.45, 2.75) is 42.8 Å². The Morgan fingerprint density at radius 1 is 1.20 bits per heavy atom. The number of hydrogen-bond donors (Lipinski definition) is 1. The number of methoxy groups -OCH3 is 1. The predicted octanol–water partition coefficient (Wildman–Crippen LogP) is 5.49. The Morgan fingerprint density at radius 2 is 2.02 bits per heavy atom. The smallest absolute Gasteiger partial charge is 0.337 e. The fourth-order valence-corrected chi connectivity index (χ4v) is 7.84. The Balaban J connectivity index is 1.40. The highest BCUT2D eigenvalue weighted by atomic mass is 35.5. The van der Waals surface area contributed by atoms with Gasteiger partial charge in [0.15, 0.2) is 11.0 Å². The normalized spacial score (nSPS) is 26.3. The minimum Gasteiger partial charge on any atom is -0.465 e. The molecule has 1 saturated heterocycles. The quantitative estimate of drug-likeness (QED) is 0.249. The number of carbonyl (C=O) groups excluding carboxylic acids is 2. The summed E-state index contributed by atoms with van der Waals surface area (Å²) in [6.45, 7) is 0.697. The van der Waals surface area contributed by atoms with Gasteiger partial charge in [0, 0.05) is 64.0 Å². The standard InChI is InChI=1S/C30H24Cl2FN5O3/c1-41-28(39)15-4-6-17-20(10-15)36-38-22(17)12-23-26(38)24(18-8-9-34-27(32)25(18)33)30(37(23)13-14-2-3-14)19-7-5-16(31)11-21(19)35-29(30)40/h4-11,14,23-24,26H,2-3,12-13H2,1H3,(H,35,40)/t23-,24-,26+,30+/m0/s1. The molecule has 3 aliphatic heterocycles. The zero-order valence-electron chi connectivity index (χ0n) is 21.9. The van der Waals surface area contributed by atoms with E-state index in [0.717, 1.165) is 29.5 Å². The number of esters is 1. The average molecular weight is 592 g/mol. The summed E-state index contributed by atoms with van der Waals surface area (Å²) in [6.07, 6.45) is 4.27. The summed E-state index contributed by atoms with van der Waals surface area (Å²) in [5.74, 6) is -1.52. The first kappa shape index (κ1) is 25.2. The van der Waals surface area contributed by atoms with Gasteiger partial charge in [0.25, 0.3) is 0 Å². The molecule has 8 rings (SSSR count). The summed E-state index contributed by atoms with van der Waals surface area (Å²) in [4.78, 5) is 32.9. The molecular formula is C30H24Cl2FN5O3. The van der Waals surface area contributed by atoms with Gasteiger partial charge < -0.3 is 10.1 Å². The van der Waals surface area contributed by atoms with Crippen LogP contribution in [0.15, 0.2) is 48.7 Å². The number of nitrogens with zero attached hydrogens (tertiary/aromatic N) is 4. The molecule has 2 aromatic carbocycles. The molecule has 5 heterocycles. The van der Waals surface area contributed by atoms with Crippen LogP contribution in [0.25, 0.3) is 10.9 Å². The van der Waals surface area contributed by atoms with Crippen molar-refractivity contribution in [1.29, 1.82) is 0 Å². The second-order valence-corrected chi connectivity index (χ2v) is 12.2. The number of hydrogen-bond acceptors (Lipinski definition) is 6. The first-order valence-electron chi connectivity index (χ1n) is 13.6. The molecule has 1 saturated carbocycles. The number of anilines is 1. The van der Waals surface area contributed by atoms with E-state index < -0.39 is 29.3 Å². The van der Waals surface area contributed by atoms with E-state index in [4.69, 9.17) is 33.0 Å². The Hall–Kier alpha value is -3.53. The lowest BCUT2D eigenvalue weighted by Gasteiger charge is -2.40. The van der Waals surface area contributed by atoms with Gasteiger partial charge in [-0.1, -0.05) is 35.3 Å². The lowest BCUT2D eigenvalue weighted by atomic mass is 9.74. The maximum Gasteiger partial charge on any atom is 0.337 e. The Labute approximate surface area is 244 Å². The van der Waals surface area contributed by atoms with Crippen LogP contribution in [-0.2, 0) is 21.5 Å². The van der Waals surface area contributed by atoms with E-state index >= 15 is 4.39 Å². The minimum atomic E-state index is -1.21. The van der Waals surface area contributed by atoms with Gasteiger partial charge in [-0.25, -0.2) is 14.2 Å². The molecule has 0 bridgehead atoms. The van der Waals surface area contributed by atoms with Crippen LogP contribution in [0.2, 0.25) is 10.2 Å². The number of carbonyl (C=O) groups is 2. The fourth-order valence-electron chi connectivity index (χ4n) is 7.51. The van der Waals surface area contributed by atoms with E-state index in [1.165, 1.54) is 13.3 Å². The highest BCUT2D eigenvalue weighted by molar-refractivity contribution is 6.31. The number of likely N-dealkylation sites (tertiary alicyclic amines) is 1. The number of aromatic nitrogens is 3. The maximum absolute atomic E-state index is 16.0. The molecule has 8 nitrogen and oxygen atoms in total. The number of fused-ring (bicyclic) bond motifs is 7. The topological polar surface area (TPSA) is 89.4 Å². The van der Waals surface area contributed by atoms with Gasteiger partial charge in [0.2, 0.25) is 5.91 Å². The van der Waals surface area contributed by atoms with Crippen molar-refractivity contribution in [1.82, 2.24) is 19.7 Å². The van der Waals surface area contributed by atoms with Crippen molar-refractivity contribution < 1.29 is 18.7 Å². The van der Waals surface area contributed by atoms with Crippen molar-refractivity contribution in [3.05, 3.63) is 87.0 Å². The van der Waals surface area contributed by atoms with Gasteiger partial charge in [0.05, 0.1) is 24.2 Å². The average Bonchev–Trinajstić information content (AvgIpc) is 3.41. The van der Waals surface area contributed by atoms with Gasteiger partial charge in [-0.2, -0.15) is 5.10 Å². The molecule has 1 aliphatic carbocycles. The summed E-state index contributed by atoms with van der Waals surface area (Å²) in [6, 6.07) is 11.9. The summed E-state index contributed by atoms with van der Waals surface area (Å²) < 4.78 is 22.9. The number of rotatable bonds is 4. The van der Waals surface area contributed by atoms with Crippen LogP contribution in [0, 0.1) is 11.7 Å². The molecule has 41 heavy (non-hydrogen) atoms. The second-order valence-electron chi connectivity index (χ2n) is 11.4. The van der Waals surface area contributed by atoms with Crippen molar-refractivity contribution in [3.63, 3.8) is 0 Å². The van der Waals surface area contributed by atoms with E-state index in [1.807, 2.05) is 16.8 Å². The van der Waals surface area contributed by atoms with Crippen LogP contribution in [-0.4, -0.2) is 51.2 Å². The molecule has 2 aromatic heterocycles. The Morgan fingerprint density at radius 3 is 2.80 bits per heavy atom. The number of amides is 1. The van der Waals surface area contributed by atoms with Gasteiger partial charge in [-0.3, -0.25) is 14.4 Å². The SMILES string of the molecule is COC(=O)c1ccc2c3n(nc2c1)[C@@H]1[C@H](C3)N(CC2CC2)[C@@]2(C(=O)Nc3cc(Cl)ccc32)[C@H]1c1ccnc(Cl)c1F. The Kier molecular flexibility index (Phi) is 5.37. The van der Waals surface area contributed by atoms with Crippen LogP contribution < -0.4 is 5.32 Å². The number of halogens is 3. The number of ether oxygens (including phenoxy) is 1. The van der Waals surface area contributed by atoms with Crippen LogP contribution in [0.5, 0.6) is 0 Å². The molecule has 11 heteroatoms. The summed E-state index contributed by atoms with van der Waals surface area (Å²) in [5.41, 5.74) is 2.53. The number of nitrogens with one attached hydrogen (secondary N) is 1. The van der Waals surface area contributed by atoms with Crippen molar-refractivity contribution >= 4 is 51.7 Å². The molecule has 208 valence electrons. The lowest BCUT2D eigenvalue weighted by Crippen LogP contribution is -2.53. The van der Waals surface area contributed by atoms with E-state index in [-0.39, 0.29) is 17.1 Å². The molecule has 2 fully saturated rings. The first-order chi connectivity index (χ1) is 19.8. The van der Waals surface area contributed by atoms with Gasteiger partial charge in [-0.05, 0) is 49.1 Å². The summed E-state index contributed by atoms with van der Waals surface area (Å²) >= 11 is 12.6. The van der Waals surface area contributed by atoms with Crippen LogP contribution in [0.1, 0.15) is 52.0 Å². The molecule has 0 unspecified atom stereocenters. The van der Waals surface area contributed by atoms with Gasteiger partial charge >= 0.3 is 5.97 Å². The summed E-state index contributed by atoms with van der Waals surface area (Å²) in [5, 5.41) is 9.24. The third-order valence-corrected chi connectivity index (χ3v) is 9.79. The van der Waals surface area contributed by atoms with E-state index in [1.54, 1.807) is 30.3 Å². The zero-order valence-corrected chi connectivity index (χ0v) is 23.4. The molecule has 4 aliphatic rings. The van der Waals surface area contributed by atoms with Crippen LogP contribution >= 0.6 is 23.2 Å². The zero-order chi connectivity index (χ0) is 28.2. The molecule has 1 amide bonds. The van der Waals surface area contributed by atoms with E-state index in [0.29, 0.717) is 46.2 Å². The largest absolute Gasteiger partial charge is 0.465 e. The van der Waals surface area contributed by atoms with E-state index in [2.05, 4.69) is 15.2 Å². The number of pyridine rings is 1. The van der Waals surface area contributed by atoms with Crippen LogP contribution in [0.4, 0.5) is 10.1 Å². The number of benzene rings is 2.